The first-order valence-electron chi connectivity index (χ1n) is 15.3. The van der Waals surface area contributed by atoms with Gasteiger partial charge in [0.05, 0.1) is 6.61 Å². The quantitative estimate of drug-likeness (QED) is 0.152. The minimum absolute atomic E-state index is 0.208. The minimum Gasteiger partial charge on any atom is -0.504 e. The number of benzene rings is 3. The number of ether oxygens (including phenoxy) is 1. The summed E-state index contributed by atoms with van der Waals surface area (Å²) in [5.74, 6) is 1.71. The Morgan fingerprint density at radius 1 is 0.526 bits per heavy atom. The number of rotatable bonds is 20. The van der Waals surface area contributed by atoms with Crippen molar-refractivity contribution in [3.63, 3.8) is 0 Å². The Hall–Kier alpha value is -2.74. The van der Waals surface area contributed by atoms with Crippen molar-refractivity contribution >= 4 is 0 Å². The summed E-state index contributed by atoms with van der Waals surface area (Å²) in [5, 5.41) is 10.1. The van der Waals surface area contributed by atoms with Gasteiger partial charge in [-0.3, -0.25) is 0 Å². The summed E-state index contributed by atoms with van der Waals surface area (Å²) >= 11 is 0. The van der Waals surface area contributed by atoms with Gasteiger partial charge in [-0.2, -0.15) is 0 Å². The standard InChI is InChI=1S/C36H50O2/c1-2-3-4-5-6-7-8-9-10-13-21-32(31-22-14-11-15-23-31)26-20-27-34(33-24-16-12-17-25-33)30-38-36-29-19-18-28-35(36)37/h11-12,14-19,22-25,28-29,32,34,37H,2-10,13,20-21,26-27,30H2,1H3. The second kappa shape index (κ2) is 18.5. The summed E-state index contributed by atoms with van der Waals surface area (Å²) in [6.45, 7) is 2.87. The monoisotopic (exact) mass is 514 g/mol. The number of phenols is 1. The van der Waals surface area contributed by atoms with E-state index < -0.39 is 0 Å². The van der Waals surface area contributed by atoms with Crippen molar-refractivity contribution in [2.24, 2.45) is 0 Å². The molecule has 0 bridgehead atoms. The molecule has 0 radical (unpaired) electrons. The molecule has 2 unspecified atom stereocenters. The van der Waals surface area contributed by atoms with Crippen LogP contribution in [0.15, 0.2) is 84.9 Å². The van der Waals surface area contributed by atoms with Gasteiger partial charge in [-0.1, -0.05) is 150 Å². The molecule has 3 rings (SSSR count). The first-order valence-corrected chi connectivity index (χ1v) is 15.3. The van der Waals surface area contributed by atoms with Gasteiger partial charge < -0.3 is 9.84 Å². The molecule has 38 heavy (non-hydrogen) atoms. The number of para-hydroxylation sites is 2. The van der Waals surface area contributed by atoms with Gasteiger partial charge in [0.25, 0.3) is 0 Å². The van der Waals surface area contributed by atoms with Crippen LogP contribution in [-0.2, 0) is 0 Å². The van der Waals surface area contributed by atoms with Gasteiger partial charge in [0, 0.05) is 5.92 Å². The lowest BCUT2D eigenvalue weighted by atomic mass is 9.86. The van der Waals surface area contributed by atoms with Crippen molar-refractivity contribution in [1.82, 2.24) is 0 Å². The largest absolute Gasteiger partial charge is 0.504 e. The van der Waals surface area contributed by atoms with Crippen LogP contribution in [0.1, 0.15) is 120 Å². The Morgan fingerprint density at radius 3 is 1.61 bits per heavy atom. The van der Waals surface area contributed by atoms with Crippen LogP contribution in [0.4, 0.5) is 0 Å². The lowest BCUT2D eigenvalue weighted by molar-refractivity contribution is 0.265. The third-order valence-electron chi connectivity index (χ3n) is 7.86. The van der Waals surface area contributed by atoms with E-state index in [1.165, 1.54) is 94.6 Å². The Kier molecular flexibility index (Phi) is 14.5. The van der Waals surface area contributed by atoms with Crippen LogP contribution < -0.4 is 4.74 Å². The average molecular weight is 515 g/mol. The molecule has 3 aromatic carbocycles. The molecule has 0 aliphatic carbocycles. The lowest BCUT2D eigenvalue weighted by Crippen LogP contribution is -2.11. The molecule has 0 aromatic heterocycles. The molecule has 2 atom stereocenters. The second-order valence-corrected chi connectivity index (χ2v) is 10.9. The van der Waals surface area contributed by atoms with Crippen LogP contribution in [0.3, 0.4) is 0 Å². The average Bonchev–Trinajstić information content (AvgIpc) is 2.96. The molecule has 0 heterocycles. The van der Waals surface area contributed by atoms with Gasteiger partial charge >= 0.3 is 0 Å². The Morgan fingerprint density at radius 2 is 1.00 bits per heavy atom. The molecule has 2 heteroatoms. The van der Waals surface area contributed by atoms with Crippen LogP contribution in [0.25, 0.3) is 0 Å². The van der Waals surface area contributed by atoms with Crippen molar-refractivity contribution in [2.75, 3.05) is 6.61 Å². The van der Waals surface area contributed by atoms with Crippen LogP contribution in [-0.4, -0.2) is 11.7 Å². The fourth-order valence-electron chi connectivity index (χ4n) is 5.53. The first kappa shape index (κ1) is 29.8. The highest BCUT2D eigenvalue weighted by atomic mass is 16.5. The van der Waals surface area contributed by atoms with Crippen LogP contribution >= 0.6 is 0 Å². The second-order valence-electron chi connectivity index (χ2n) is 10.9. The van der Waals surface area contributed by atoms with Gasteiger partial charge in [-0.25, -0.2) is 0 Å². The van der Waals surface area contributed by atoms with Crippen molar-refractivity contribution in [2.45, 2.75) is 109 Å². The van der Waals surface area contributed by atoms with Gasteiger partial charge in [0.1, 0.15) is 0 Å². The van der Waals surface area contributed by atoms with E-state index in [-0.39, 0.29) is 5.75 Å². The molecule has 0 amide bonds. The normalized spacial score (nSPS) is 12.8. The van der Waals surface area contributed by atoms with E-state index in [0.717, 1.165) is 6.42 Å². The highest BCUT2D eigenvalue weighted by Crippen LogP contribution is 2.32. The fraction of sp³-hybridized carbons (Fsp3) is 0.500. The Bertz CT molecular complexity index is 969. The van der Waals surface area contributed by atoms with Crippen molar-refractivity contribution in [1.29, 1.82) is 0 Å². The number of aromatic hydroxyl groups is 1. The van der Waals surface area contributed by atoms with E-state index in [2.05, 4.69) is 67.6 Å². The SMILES string of the molecule is CCCCCCCCCCCCC(CCCC(COc1ccccc1O)c1ccccc1)c1ccccc1. The highest BCUT2D eigenvalue weighted by molar-refractivity contribution is 5.38. The summed E-state index contributed by atoms with van der Waals surface area (Å²) in [7, 11) is 0. The van der Waals surface area contributed by atoms with Crippen molar-refractivity contribution < 1.29 is 9.84 Å². The van der Waals surface area contributed by atoms with E-state index in [9.17, 15) is 5.11 Å². The zero-order valence-electron chi connectivity index (χ0n) is 23.7. The van der Waals surface area contributed by atoms with E-state index in [1.807, 2.05) is 18.2 Å². The molecule has 1 N–H and O–H groups in total. The van der Waals surface area contributed by atoms with Crippen LogP contribution in [0.2, 0.25) is 0 Å². The number of hydrogen-bond donors (Lipinski definition) is 1. The molecule has 0 aliphatic rings. The van der Waals surface area contributed by atoms with E-state index in [4.69, 9.17) is 4.74 Å². The van der Waals surface area contributed by atoms with Crippen LogP contribution in [0.5, 0.6) is 11.5 Å². The van der Waals surface area contributed by atoms with Crippen molar-refractivity contribution in [3.05, 3.63) is 96.1 Å². The smallest absolute Gasteiger partial charge is 0.160 e. The molecule has 0 spiro atoms. The topological polar surface area (TPSA) is 29.5 Å². The summed E-state index contributed by atoms with van der Waals surface area (Å²) < 4.78 is 6.08. The maximum Gasteiger partial charge on any atom is 0.160 e. The number of phenolic OH excluding ortho intramolecular Hbond substituents is 1. The third kappa shape index (κ3) is 11.3. The van der Waals surface area contributed by atoms with Gasteiger partial charge in [0.2, 0.25) is 0 Å². The predicted octanol–water partition coefficient (Wildman–Crippen LogP) is 10.8. The van der Waals surface area contributed by atoms with Gasteiger partial charge in [-0.05, 0) is 48.4 Å². The molecule has 206 valence electrons. The van der Waals surface area contributed by atoms with Crippen LogP contribution in [0, 0.1) is 0 Å². The van der Waals surface area contributed by atoms with Gasteiger partial charge in [-0.15, -0.1) is 0 Å². The molecule has 0 aliphatic heterocycles. The van der Waals surface area contributed by atoms with Crippen molar-refractivity contribution in [3.8, 4) is 11.5 Å². The molecule has 0 saturated carbocycles. The lowest BCUT2D eigenvalue weighted by Gasteiger charge is -2.21. The molecule has 0 fully saturated rings. The van der Waals surface area contributed by atoms with E-state index >= 15 is 0 Å². The predicted molar refractivity (Wildman–Crippen MR) is 162 cm³/mol. The maximum absolute atomic E-state index is 10.1. The highest BCUT2D eigenvalue weighted by Gasteiger charge is 2.16. The number of unbranched alkanes of at least 4 members (excludes halogenated alkanes) is 9. The Labute approximate surface area is 232 Å². The first-order chi connectivity index (χ1) is 18.8. The zero-order chi connectivity index (χ0) is 26.7. The molecular formula is C36H50O2. The molecular weight excluding hydrogens is 464 g/mol. The summed E-state index contributed by atoms with van der Waals surface area (Å²) in [6.07, 6.45) is 18.6. The Balaban J connectivity index is 1.47. The maximum atomic E-state index is 10.1. The molecule has 3 aromatic rings. The van der Waals surface area contributed by atoms with E-state index in [0.29, 0.717) is 24.2 Å². The van der Waals surface area contributed by atoms with Gasteiger partial charge in [0.15, 0.2) is 11.5 Å². The van der Waals surface area contributed by atoms with E-state index in [1.54, 1.807) is 6.07 Å². The third-order valence-corrected chi connectivity index (χ3v) is 7.86. The summed E-state index contributed by atoms with van der Waals surface area (Å²) in [6, 6.07) is 29.1. The molecule has 2 nitrogen and oxygen atoms in total. The summed E-state index contributed by atoms with van der Waals surface area (Å²) in [5.41, 5.74) is 2.80. The zero-order valence-corrected chi connectivity index (χ0v) is 23.7. The fourth-order valence-corrected chi connectivity index (χ4v) is 5.53. The number of hydrogen-bond acceptors (Lipinski definition) is 2. The summed E-state index contributed by atoms with van der Waals surface area (Å²) in [4.78, 5) is 0. The molecule has 0 saturated heterocycles. The minimum atomic E-state index is 0.208.